The monoisotopic (exact) mass is 217 g/mol. The van der Waals surface area contributed by atoms with Gasteiger partial charge in [-0.2, -0.15) is 0 Å². The molecule has 0 saturated carbocycles. The van der Waals surface area contributed by atoms with Crippen molar-refractivity contribution in [1.82, 2.24) is 10.2 Å². The van der Waals surface area contributed by atoms with Gasteiger partial charge < -0.3 is 5.73 Å². The zero-order valence-corrected chi connectivity index (χ0v) is 9.16. The Kier molecular flexibility index (Phi) is 2.56. The van der Waals surface area contributed by atoms with Crippen LogP contribution in [0.3, 0.4) is 0 Å². The van der Waals surface area contributed by atoms with Crippen LogP contribution in [0.5, 0.6) is 0 Å². The minimum Gasteiger partial charge on any atom is -0.382 e. The van der Waals surface area contributed by atoms with E-state index in [0.717, 1.165) is 16.7 Å². The lowest BCUT2D eigenvalue weighted by atomic mass is 9.99. The molecule has 0 aliphatic heterocycles. The lowest BCUT2D eigenvalue weighted by Gasteiger charge is -2.08. The van der Waals surface area contributed by atoms with E-state index in [-0.39, 0.29) is 5.82 Å². The molecule has 0 atom stereocenters. The van der Waals surface area contributed by atoms with Gasteiger partial charge in [-0.3, -0.25) is 0 Å². The third-order valence-corrected chi connectivity index (χ3v) is 2.44. The maximum Gasteiger partial charge on any atom is 0.146 e. The third-order valence-electron chi connectivity index (χ3n) is 2.44. The summed E-state index contributed by atoms with van der Waals surface area (Å²) in [5.74, 6) is 0.142. The van der Waals surface area contributed by atoms with Gasteiger partial charge in [0.2, 0.25) is 0 Å². The van der Waals surface area contributed by atoms with Crippen LogP contribution >= 0.6 is 0 Å². The zero-order chi connectivity index (χ0) is 11.7. The SMILES string of the molecule is Cc1cc(F)cc(C)c1-c1ccc(N)nn1. The van der Waals surface area contributed by atoms with Gasteiger partial charge in [0.15, 0.2) is 0 Å². The summed E-state index contributed by atoms with van der Waals surface area (Å²) in [5.41, 5.74) is 8.78. The fraction of sp³-hybridized carbons (Fsp3) is 0.167. The van der Waals surface area contributed by atoms with Gasteiger partial charge in [-0.15, -0.1) is 10.2 Å². The lowest BCUT2D eigenvalue weighted by Crippen LogP contribution is -1.97. The normalized spacial score (nSPS) is 10.4. The highest BCUT2D eigenvalue weighted by atomic mass is 19.1. The van der Waals surface area contributed by atoms with Crippen molar-refractivity contribution in [3.63, 3.8) is 0 Å². The largest absolute Gasteiger partial charge is 0.382 e. The second-order valence-corrected chi connectivity index (χ2v) is 3.76. The summed E-state index contributed by atoms with van der Waals surface area (Å²) in [5, 5.41) is 7.80. The average molecular weight is 217 g/mol. The molecule has 0 aliphatic rings. The van der Waals surface area contributed by atoms with Crippen LogP contribution in [-0.4, -0.2) is 10.2 Å². The molecule has 0 unspecified atom stereocenters. The Morgan fingerprint density at radius 3 is 2.19 bits per heavy atom. The first kappa shape index (κ1) is 10.5. The van der Waals surface area contributed by atoms with Crippen LogP contribution in [0.25, 0.3) is 11.3 Å². The first-order valence-electron chi connectivity index (χ1n) is 4.94. The maximum absolute atomic E-state index is 13.1. The summed E-state index contributed by atoms with van der Waals surface area (Å²) < 4.78 is 13.1. The predicted molar refractivity (Wildman–Crippen MR) is 61.3 cm³/mol. The molecule has 4 heteroatoms. The molecule has 0 spiro atoms. The summed E-state index contributed by atoms with van der Waals surface area (Å²) in [6.45, 7) is 3.70. The van der Waals surface area contributed by atoms with Crippen molar-refractivity contribution < 1.29 is 4.39 Å². The fourth-order valence-electron chi connectivity index (χ4n) is 1.79. The van der Waals surface area contributed by atoms with Gasteiger partial charge in [0.25, 0.3) is 0 Å². The van der Waals surface area contributed by atoms with Crippen molar-refractivity contribution in [2.75, 3.05) is 5.73 Å². The quantitative estimate of drug-likeness (QED) is 0.798. The molecule has 0 saturated heterocycles. The number of anilines is 1. The summed E-state index contributed by atoms with van der Waals surface area (Å²) in [6, 6.07) is 6.45. The van der Waals surface area contributed by atoms with E-state index in [1.807, 2.05) is 13.8 Å². The summed E-state index contributed by atoms with van der Waals surface area (Å²) >= 11 is 0. The predicted octanol–water partition coefficient (Wildman–Crippen LogP) is 2.48. The Hall–Kier alpha value is -1.97. The highest BCUT2D eigenvalue weighted by Crippen LogP contribution is 2.26. The lowest BCUT2D eigenvalue weighted by molar-refractivity contribution is 0.625. The number of aromatic nitrogens is 2. The number of nitrogen functional groups attached to an aromatic ring is 1. The van der Waals surface area contributed by atoms with E-state index in [2.05, 4.69) is 10.2 Å². The molecular formula is C12H12FN3. The molecule has 1 aromatic heterocycles. The van der Waals surface area contributed by atoms with Crippen molar-refractivity contribution in [2.24, 2.45) is 0 Å². The molecule has 1 heterocycles. The second-order valence-electron chi connectivity index (χ2n) is 3.76. The van der Waals surface area contributed by atoms with E-state index in [1.165, 1.54) is 12.1 Å². The number of halogens is 1. The van der Waals surface area contributed by atoms with Crippen LogP contribution in [0.15, 0.2) is 24.3 Å². The fourth-order valence-corrected chi connectivity index (χ4v) is 1.79. The maximum atomic E-state index is 13.1. The Morgan fingerprint density at radius 2 is 1.69 bits per heavy atom. The topological polar surface area (TPSA) is 51.8 Å². The van der Waals surface area contributed by atoms with Gasteiger partial charge in [-0.05, 0) is 49.2 Å². The standard InChI is InChI=1S/C12H12FN3/c1-7-5-9(13)6-8(2)12(7)10-3-4-11(14)16-15-10/h3-6H,1-2H3,(H2,14,16). The summed E-state index contributed by atoms with van der Waals surface area (Å²) in [7, 11) is 0. The van der Waals surface area contributed by atoms with Crippen LogP contribution in [0.4, 0.5) is 10.2 Å². The Bertz CT molecular complexity index is 497. The molecule has 0 fully saturated rings. The van der Waals surface area contributed by atoms with Gasteiger partial charge >= 0.3 is 0 Å². The van der Waals surface area contributed by atoms with Crippen molar-refractivity contribution in [3.8, 4) is 11.3 Å². The third kappa shape index (κ3) is 1.86. The first-order chi connectivity index (χ1) is 7.58. The van der Waals surface area contributed by atoms with E-state index in [1.54, 1.807) is 12.1 Å². The minimum absolute atomic E-state index is 0.234. The molecule has 3 nitrogen and oxygen atoms in total. The number of nitrogens with zero attached hydrogens (tertiary/aromatic N) is 2. The molecule has 0 radical (unpaired) electrons. The molecule has 1 aromatic carbocycles. The van der Waals surface area contributed by atoms with Crippen LogP contribution in [0.2, 0.25) is 0 Å². The van der Waals surface area contributed by atoms with Crippen molar-refractivity contribution in [2.45, 2.75) is 13.8 Å². The van der Waals surface area contributed by atoms with Crippen molar-refractivity contribution >= 4 is 5.82 Å². The molecule has 2 aromatic rings. The summed E-state index contributed by atoms with van der Waals surface area (Å²) in [6.07, 6.45) is 0. The van der Waals surface area contributed by atoms with Crippen molar-refractivity contribution in [3.05, 3.63) is 41.2 Å². The number of hydrogen-bond acceptors (Lipinski definition) is 3. The minimum atomic E-state index is -0.234. The molecule has 0 bridgehead atoms. The number of aryl methyl sites for hydroxylation is 2. The number of rotatable bonds is 1. The highest BCUT2D eigenvalue weighted by Gasteiger charge is 2.09. The van der Waals surface area contributed by atoms with Gasteiger partial charge in [0.05, 0.1) is 5.69 Å². The van der Waals surface area contributed by atoms with E-state index >= 15 is 0 Å². The van der Waals surface area contributed by atoms with Gasteiger partial charge in [0, 0.05) is 5.56 Å². The number of nitrogens with two attached hydrogens (primary N) is 1. The van der Waals surface area contributed by atoms with Crippen LogP contribution in [0.1, 0.15) is 11.1 Å². The molecule has 16 heavy (non-hydrogen) atoms. The highest BCUT2D eigenvalue weighted by molar-refractivity contribution is 5.67. The molecular weight excluding hydrogens is 205 g/mol. The van der Waals surface area contributed by atoms with Gasteiger partial charge in [0.1, 0.15) is 11.6 Å². The second kappa shape index (κ2) is 3.89. The molecule has 0 amide bonds. The van der Waals surface area contributed by atoms with Crippen LogP contribution in [-0.2, 0) is 0 Å². The molecule has 2 N–H and O–H groups in total. The van der Waals surface area contributed by atoms with Gasteiger partial charge in [-0.1, -0.05) is 0 Å². The van der Waals surface area contributed by atoms with Crippen LogP contribution in [0, 0.1) is 19.7 Å². The van der Waals surface area contributed by atoms with Crippen molar-refractivity contribution in [1.29, 1.82) is 0 Å². The van der Waals surface area contributed by atoms with Gasteiger partial charge in [-0.25, -0.2) is 4.39 Å². The number of benzene rings is 1. The van der Waals surface area contributed by atoms with E-state index in [4.69, 9.17) is 5.73 Å². The van der Waals surface area contributed by atoms with E-state index < -0.39 is 0 Å². The van der Waals surface area contributed by atoms with Crippen LogP contribution < -0.4 is 5.73 Å². The summed E-state index contributed by atoms with van der Waals surface area (Å²) in [4.78, 5) is 0. The Balaban J connectivity index is 2.60. The molecule has 82 valence electrons. The smallest absolute Gasteiger partial charge is 0.146 e. The van der Waals surface area contributed by atoms with E-state index in [0.29, 0.717) is 11.5 Å². The average Bonchev–Trinajstić information content (AvgIpc) is 2.19. The molecule has 2 rings (SSSR count). The van der Waals surface area contributed by atoms with E-state index in [9.17, 15) is 4.39 Å². The Labute approximate surface area is 93.1 Å². The first-order valence-corrected chi connectivity index (χ1v) is 4.94. The number of hydrogen-bond donors (Lipinski definition) is 1. The Morgan fingerprint density at radius 1 is 1.06 bits per heavy atom. The zero-order valence-electron chi connectivity index (χ0n) is 9.16. The molecule has 0 aliphatic carbocycles.